The van der Waals surface area contributed by atoms with Gasteiger partial charge in [0.05, 0.1) is 28.2 Å². The minimum atomic E-state index is 0.326. The zero-order chi connectivity index (χ0) is 28.2. The molecule has 4 nitrogen and oxygen atoms in total. The molecule has 4 heteroatoms. The third-order valence-electron chi connectivity index (χ3n) is 8.10. The molecule has 7 rings (SSSR count). The van der Waals surface area contributed by atoms with E-state index in [-0.39, 0.29) is 0 Å². The van der Waals surface area contributed by atoms with Crippen LogP contribution in [0.15, 0.2) is 101 Å². The fourth-order valence-electron chi connectivity index (χ4n) is 6.08. The normalized spacial score (nSPS) is 12.0. The Balaban J connectivity index is 1.65. The van der Waals surface area contributed by atoms with Gasteiger partial charge in [0.25, 0.3) is 0 Å². The van der Waals surface area contributed by atoms with Crippen molar-refractivity contribution in [1.82, 2.24) is 14.5 Å². The van der Waals surface area contributed by atoms with Crippen LogP contribution in [0.4, 0.5) is 0 Å². The molecule has 41 heavy (non-hydrogen) atoms. The lowest BCUT2D eigenvalue weighted by Crippen LogP contribution is -2.08. The first-order valence-electron chi connectivity index (χ1n) is 14.4. The molecule has 0 amide bonds. The molecule has 0 bridgehead atoms. The van der Waals surface area contributed by atoms with Crippen molar-refractivity contribution in [3.05, 3.63) is 114 Å². The summed E-state index contributed by atoms with van der Waals surface area (Å²) < 4.78 is 8.91. The minimum Gasteiger partial charge on any atom is -0.455 e. The molecule has 202 valence electrons. The predicted molar refractivity (Wildman–Crippen MR) is 170 cm³/mol. The van der Waals surface area contributed by atoms with E-state index in [9.17, 15) is 0 Å². The maximum Gasteiger partial charge on any atom is 0.149 e. The Bertz CT molecular complexity index is 2040. The lowest BCUT2D eigenvalue weighted by atomic mass is 9.92. The van der Waals surface area contributed by atoms with E-state index in [4.69, 9.17) is 14.4 Å². The fraction of sp³-hybridized carbons (Fsp3) is 0.189. The zero-order valence-electron chi connectivity index (χ0n) is 24.1. The van der Waals surface area contributed by atoms with Crippen molar-refractivity contribution >= 4 is 33.0 Å². The number of benzene rings is 4. The first-order chi connectivity index (χ1) is 19.9. The van der Waals surface area contributed by atoms with Crippen LogP contribution in [0, 0.1) is 6.92 Å². The van der Waals surface area contributed by atoms with E-state index < -0.39 is 0 Å². The standard InChI is InChI=1S/C37H33N3O/c1-22(2)26-16-11-17-27(23(3)4)35(26)40-32-21-31(25-13-7-6-8-14-25)38-24(5)34(32)39-37(40)30-19-12-18-29-28-15-9-10-20-33(28)41-36(29)30/h6-23H,1-5H3. The molecule has 0 N–H and O–H groups in total. The van der Waals surface area contributed by atoms with Crippen molar-refractivity contribution in [3.63, 3.8) is 0 Å². The summed E-state index contributed by atoms with van der Waals surface area (Å²) in [5, 5.41) is 2.21. The highest BCUT2D eigenvalue weighted by atomic mass is 16.3. The molecule has 0 aliphatic heterocycles. The molecule has 0 radical (unpaired) electrons. The van der Waals surface area contributed by atoms with Gasteiger partial charge in [0.2, 0.25) is 0 Å². The first kappa shape index (κ1) is 25.3. The molecule has 4 aromatic carbocycles. The van der Waals surface area contributed by atoms with Crippen LogP contribution in [0.2, 0.25) is 0 Å². The second-order valence-electron chi connectivity index (χ2n) is 11.5. The van der Waals surface area contributed by atoms with Crippen molar-refractivity contribution in [2.45, 2.75) is 46.5 Å². The Labute approximate surface area is 240 Å². The third kappa shape index (κ3) is 4.05. The highest BCUT2D eigenvalue weighted by molar-refractivity contribution is 6.09. The molecular weight excluding hydrogens is 502 g/mol. The van der Waals surface area contributed by atoms with Gasteiger partial charge in [0.15, 0.2) is 0 Å². The van der Waals surface area contributed by atoms with Gasteiger partial charge in [-0.2, -0.15) is 0 Å². The van der Waals surface area contributed by atoms with Gasteiger partial charge in [-0.15, -0.1) is 0 Å². The summed E-state index contributed by atoms with van der Waals surface area (Å²) >= 11 is 0. The predicted octanol–water partition coefficient (Wildman–Crippen LogP) is 10.2. The van der Waals surface area contributed by atoms with Crippen LogP contribution in [-0.4, -0.2) is 14.5 Å². The van der Waals surface area contributed by atoms with Gasteiger partial charge in [-0.3, -0.25) is 9.55 Å². The van der Waals surface area contributed by atoms with Crippen molar-refractivity contribution in [1.29, 1.82) is 0 Å². The van der Waals surface area contributed by atoms with Gasteiger partial charge in [0, 0.05) is 16.3 Å². The Morgan fingerprint density at radius 3 is 2.07 bits per heavy atom. The quantitative estimate of drug-likeness (QED) is 0.220. The topological polar surface area (TPSA) is 43.9 Å². The number of pyridine rings is 1. The smallest absolute Gasteiger partial charge is 0.149 e. The van der Waals surface area contributed by atoms with E-state index in [0.717, 1.165) is 61.3 Å². The van der Waals surface area contributed by atoms with Crippen LogP contribution in [0.3, 0.4) is 0 Å². The second kappa shape index (κ2) is 9.74. The van der Waals surface area contributed by atoms with Crippen molar-refractivity contribution < 1.29 is 4.42 Å². The van der Waals surface area contributed by atoms with Crippen LogP contribution in [0.1, 0.15) is 56.4 Å². The number of imidazole rings is 1. The van der Waals surface area contributed by atoms with E-state index in [2.05, 4.69) is 118 Å². The maximum absolute atomic E-state index is 6.53. The molecule has 3 aromatic heterocycles. The molecule has 0 fully saturated rings. The monoisotopic (exact) mass is 535 g/mol. The number of aromatic nitrogens is 3. The Morgan fingerprint density at radius 1 is 0.683 bits per heavy atom. The van der Waals surface area contributed by atoms with E-state index in [1.807, 2.05) is 18.2 Å². The number of fused-ring (bicyclic) bond motifs is 4. The van der Waals surface area contributed by atoms with Crippen LogP contribution in [0.5, 0.6) is 0 Å². The molecule has 0 aliphatic carbocycles. The number of hydrogen-bond acceptors (Lipinski definition) is 3. The van der Waals surface area contributed by atoms with E-state index in [1.165, 1.54) is 16.8 Å². The van der Waals surface area contributed by atoms with Gasteiger partial charge in [-0.1, -0.05) is 107 Å². The summed E-state index contributed by atoms with van der Waals surface area (Å²) in [6, 6.07) is 33.9. The van der Waals surface area contributed by atoms with E-state index in [0.29, 0.717) is 11.8 Å². The molecule has 0 spiro atoms. The molecule has 7 aromatic rings. The third-order valence-corrected chi connectivity index (χ3v) is 8.10. The molecule has 0 unspecified atom stereocenters. The van der Waals surface area contributed by atoms with Crippen LogP contribution in [-0.2, 0) is 0 Å². The summed E-state index contributed by atoms with van der Waals surface area (Å²) in [6.45, 7) is 11.1. The average molecular weight is 536 g/mol. The highest BCUT2D eigenvalue weighted by Crippen LogP contribution is 2.41. The summed E-state index contributed by atoms with van der Waals surface area (Å²) in [7, 11) is 0. The first-order valence-corrected chi connectivity index (χ1v) is 14.4. The maximum atomic E-state index is 6.53. The molecule has 0 saturated carbocycles. The van der Waals surface area contributed by atoms with Gasteiger partial charge < -0.3 is 4.42 Å². The molecule has 0 aliphatic rings. The highest BCUT2D eigenvalue weighted by Gasteiger charge is 2.25. The molecule has 0 atom stereocenters. The molecule has 0 saturated heterocycles. The lowest BCUT2D eigenvalue weighted by Gasteiger charge is -2.22. The number of hydrogen-bond donors (Lipinski definition) is 0. The summed E-state index contributed by atoms with van der Waals surface area (Å²) in [4.78, 5) is 10.4. The van der Waals surface area contributed by atoms with Crippen LogP contribution >= 0.6 is 0 Å². The fourth-order valence-corrected chi connectivity index (χ4v) is 6.08. The zero-order valence-corrected chi connectivity index (χ0v) is 24.1. The second-order valence-corrected chi connectivity index (χ2v) is 11.5. The number of nitrogens with zero attached hydrogens (tertiary/aromatic N) is 3. The average Bonchev–Trinajstić information content (AvgIpc) is 3.56. The largest absolute Gasteiger partial charge is 0.455 e. The minimum absolute atomic E-state index is 0.326. The van der Waals surface area contributed by atoms with Crippen LogP contribution < -0.4 is 0 Å². The van der Waals surface area contributed by atoms with Gasteiger partial charge in [-0.25, -0.2) is 4.98 Å². The number of para-hydroxylation sites is 3. The van der Waals surface area contributed by atoms with Gasteiger partial charge in [0.1, 0.15) is 22.5 Å². The number of aryl methyl sites for hydroxylation is 1. The van der Waals surface area contributed by atoms with Crippen molar-refractivity contribution in [2.24, 2.45) is 0 Å². The van der Waals surface area contributed by atoms with E-state index >= 15 is 0 Å². The summed E-state index contributed by atoms with van der Waals surface area (Å²) in [5.41, 5.74) is 11.4. The molecular formula is C37H33N3O. The van der Waals surface area contributed by atoms with Gasteiger partial charge in [-0.05, 0) is 48.1 Å². The Morgan fingerprint density at radius 2 is 1.34 bits per heavy atom. The summed E-state index contributed by atoms with van der Waals surface area (Å²) in [6.07, 6.45) is 0. The SMILES string of the molecule is Cc1nc(-c2ccccc2)cc2c1nc(-c1cccc3c1oc1ccccc13)n2-c1c(C(C)C)cccc1C(C)C. The Hall–Kier alpha value is -4.70. The van der Waals surface area contributed by atoms with Crippen molar-refractivity contribution in [3.8, 4) is 28.3 Å². The van der Waals surface area contributed by atoms with Crippen molar-refractivity contribution in [2.75, 3.05) is 0 Å². The summed E-state index contributed by atoms with van der Waals surface area (Å²) in [5.74, 6) is 1.52. The van der Waals surface area contributed by atoms with Crippen LogP contribution in [0.25, 0.3) is 61.3 Å². The van der Waals surface area contributed by atoms with E-state index in [1.54, 1.807) is 0 Å². The Kier molecular flexibility index (Phi) is 6.01. The number of rotatable bonds is 5. The lowest BCUT2D eigenvalue weighted by molar-refractivity contribution is 0.669. The van der Waals surface area contributed by atoms with Gasteiger partial charge >= 0.3 is 0 Å². The number of furan rings is 1. The molecule has 3 heterocycles.